The van der Waals surface area contributed by atoms with Gasteiger partial charge in [0.2, 0.25) is 5.95 Å². The van der Waals surface area contributed by atoms with E-state index in [1.165, 1.54) is 0 Å². The number of aromatic nitrogens is 2. The summed E-state index contributed by atoms with van der Waals surface area (Å²) >= 11 is 0. The fraction of sp³-hybridized carbons (Fsp3) is 0.115. The number of carbonyl (C=O) groups is 1. The Balaban J connectivity index is 0.000000586. The van der Waals surface area contributed by atoms with Gasteiger partial charge in [-0.3, -0.25) is 9.45 Å². The lowest BCUT2D eigenvalue weighted by Crippen LogP contribution is -2.45. The van der Waals surface area contributed by atoms with E-state index in [4.69, 9.17) is 14.3 Å². The Labute approximate surface area is 214 Å². The van der Waals surface area contributed by atoms with Crippen LogP contribution in [0.5, 0.6) is 5.75 Å². The van der Waals surface area contributed by atoms with Crippen LogP contribution in [0.15, 0.2) is 91.1 Å². The Kier molecular flexibility index (Phi) is 7.66. The number of fused-ring (bicyclic) bond motifs is 1. The lowest BCUT2D eigenvalue weighted by Gasteiger charge is -2.36. The number of carbonyl (C=O) groups excluding carboxylic acids is 1. The minimum absolute atomic E-state index is 0.182. The van der Waals surface area contributed by atoms with Crippen LogP contribution >= 0.6 is 0 Å². The average Bonchev–Trinajstić information content (AvgIpc) is 2.89. The molecule has 0 atom stereocenters. The van der Waals surface area contributed by atoms with Gasteiger partial charge in [0, 0.05) is 23.1 Å². The molecule has 0 radical (unpaired) electrons. The summed E-state index contributed by atoms with van der Waals surface area (Å²) in [6.45, 7) is 0.370. The summed E-state index contributed by atoms with van der Waals surface area (Å²) in [4.78, 5) is 26.2. The molecule has 0 spiro atoms. The molecule has 190 valence electrons. The molecule has 1 aliphatic rings. The first-order chi connectivity index (χ1) is 17.7. The molecule has 37 heavy (non-hydrogen) atoms. The van der Waals surface area contributed by atoms with Crippen LogP contribution < -0.4 is 19.9 Å². The maximum Gasteiger partial charge on any atom is 0.335 e. The molecule has 0 fully saturated rings. The highest BCUT2D eigenvalue weighted by Crippen LogP contribution is 2.36. The zero-order valence-electron chi connectivity index (χ0n) is 20.1. The summed E-state index contributed by atoms with van der Waals surface area (Å²) in [6, 6.07) is 26.5. The quantitative estimate of drug-likeness (QED) is 0.353. The van der Waals surface area contributed by atoms with Crippen molar-refractivity contribution in [2.45, 2.75) is 6.54 Å². The molecule has 0 unspecified atom stereocenters. The lowest BCUT2D eigenvalue weighted by molar-refractivity contribution is 0.252. The fourth-order valence-corrected chi connectivity index (χ4v) is 3.64. The van der Waals surface area contributed by atoms with Gasteiger partial charge in [-0.25, -0.2) is 14.7 Å². The summed E-state index contributed by atoms with van der Waals surface area (Å²) in [7, 11) is -2.05. The molecule has 2 heterocycles. The summed E-state index contributed by atoms with van der Waals surface area (Å²) in [6.07, 6.45) is 2.49. The smallest absolute Gasteiger partial charge is 0.335 e. The van der Waals surface area contributed by atoms with Crippen LogP contribution in [0.1, 0.15) is 5.56 Å². The van der Waals surface area contributed by atoms with Gasteiger partial charge in [-0.05, 0) is 48.5 Å². The molecule has 2 amide bonds. The SMILES string of the molecule is COc1ccc(N2Cc3cnc(Nc4ccccc4)nc3N(c3ccccc3)C2=O)cc1.CS(=O)(=O)O. The van der Waals surface area contributed by atoms with Crippen LogP contribution in [0.3, 0.4) is 0 Å². The minimum atomic E-state index is -3.67. The third-order valence-electron chi connectivity index (χ3n) is 5.23. The maximum atomic E-state index is 13.7. The molecule has 0 saturated heterocycles. The largest absolute Gasteiger partial charge is 0.497 e. The van der Waals surface area contributed by atoms with E-state index in [1.54, 1.807) is 23.1 Å². The van der Waals surface area contributed by atoms with Crippen LogP contribution in [0.4, 0.5) is 33.6 Å². The third-order valence-corrected chi connectivity index (χ3v) is 5.23. The number of nitrogens with zero attached hydrogens (tertiary/aromatic N) is 4. The molecule has 5 rings (SSSR count). The first-order valence-electron chi connectivity index (χ1n) is 11.1. The van der Waals surface area contributed by atoms with Crippen LogP contribution in [-0.4, -0.2) is 42.3 Å². The molecule has 0 bridgehead atoms. The molecule has 0 saturated carbocycles. The number of ether oxygens (including phenoxy) is 1. The van der Waals surface area contributed by atoms with Crippen molar-refractivity contribution in [2.75, 3.05) is 28.5 Å². The third kappa shape index (κ3) is 6.60. The Morgan fingerprint density at radius 2 is 1.51 bits per heavy atom. The highest BCUT2D eigenvalue weighted by molar-refractivity contribution is 7.85. The van der Waals surface area contributed by atoms with E-state index in [0.717, 1.165) is 28.4 Å². The second-order valence-corrected chi connectivity index (χ2v) is 9.47. The Hall–Kier alpha value is -4.48. The molecule has 11 heteroatoms. The Bertz CT molecular complexity index is 1460. The van der Waals surface area contributed by atoms with E-state index < -0.39 is 10.1 Å². The molecule has 0 aliphatic carbocycles. The highest BCUT2D eigenvalue weighted by Gasteiger charge is 2.34. The second kappa shape index (κ2) is 11.1. The number of hydrogen-bond acceptors (Lipinski definition) is 7. The summed E-state index contributed by atoms with van der Waals surface area (Å²) in [5, 5.41) is 3.21. The predicted molar refractivity (Wildman–Crippen MR) is 142 cm³/mol. The van der Waals surface area contributed by atoms with Gasteiger partial charge in [-0.1, -0.05) is 36.4 Å². The maximum absolute atomic E-state index is 13.7. The van der Waals surface area contributed by atoms with Gasteiger partial charge in [-0.15, -0.1) is 0 Å². The molecular weight excluding hydrogens is 494 g/mol. The van der Waals surface area contributed by atoms with Gasteiger partial charge in [-0.2, -0.15) is 13.4 Å². The van der Waals surface area contributed by atoms with E-state index >= 15 is 0 Å². The predicted octanol–water partition coefficient (Wildman–Crippen LogP) is 5.01. The number of rotatable bonds is 5. The molecule has 10 nitrogen and oxygen atoms in total. The number of benzene rings is 3. The first-order valence-corrected chi connectivity index (χ1v) is 13.0. The summed E-state index contributed by atoms with van der Waals surface area (Å²) in [5.41, 5.74) is 3.23. The molecule has 3 aromatic carbocycles. The topological polar surface area (TPSA) is 125 Å². The Morgan fingerprint density at radius 1 is 0.919 bits per heavy atom. The van der Waals surface area contributed by atoms with Crippen LogP contribution in [0.25, 0.3) is 0 Å². The number of para-hydroxylation sites is 2. The van der Waals surface area contributed by atoms with Crippen molar-refractivity contribution in [1.82, 2.24) is 9.97 Å². The van der Waals surface area contributed by atoms with Crippen molar-refractivity contribution < 1.29 is 22.5 Å². The molecule has 1 aliphatic heterocycles. The van der Waals surface area contributed by atoms with Crippen molar-refractivity contribution in [3.05, 3.63) is 96.7 Å². The van der Waals surface area contributed by atoms with E-state index in [-0.39, 0.29) is 6.03 Å². The van der Waals surface area contributed by atoms with Crippen molar-refractivity contribution >= 4 is 45.0 Å². The second-order valence-electron chi connectivity index (χ2n) is 8.00. The van der Waals surface area contributed by atoms with Crippen molar-refractivity contribution in [3.8, 4) is 5.75 Å². The van der Waals surface area contributed by atoms with Crippen LogP contribution in [0.2, 0.25) is 0 Å². The summed E-state index contributed by atoms with van der Waals surface area (Å²) < 4.78 is 31.1. The van der Waals surface area contributed by atoms with E-state index in [0.29, 0.717) is 24.6 Å². The van der Waals surface area contributed by atoms with Gasteiger partial charge >= 0.3 is 6.03 Å². The lowest BCUT2D eigenvalue weighted by atomic mass is 10.1. The van der Waals surface area contributed by atoms with Crippen molar-refractivity contribution in [2.24, 2.45) is 0 Å². The standard InChI is InChI=1S/C25H21N5O2.CH4O3S/c1-32-22-14-12-20(13-15-22)29-17-18-16-26-24(27-19-8-4-2-5-9-19)28-23(18)30(25(29)31)21-10-6-3-7-11-21;1-5(2,3)4/h2-16H,17H2,1H3,(H,26,27,28);1H3,(H,2,3,4). The minimum Gasteiger partial charge on any atom is -0.497 e. The van der Waals surface area contributed by atoms with Gasteiger partial charge < -0.3 is 10.1 Å². The number of urea groups is 1. The van der Waals surface area contributed by atoms with Crippen LogP contribution in [-0.2, 0) is 16.7 Å². The number of hydrogen-bond donors (Lipinski definition) is 2. The van der Waals surface area contributed by atoms with Gasteiger partial charge in [0.1, 0.15) is 5.75 Å². The molecule has 2 N–H and O–H groups in total. The van der Waals surface area contributed by atoms with Crippen molar-refractivity contribution in [3.63, 3.8) is 0 Å². The zero-order chi connectivity index (χ0) is 26.4. The van der Waals surface area contributed by atoms with Crippen LogP contribution in [0, 0.1) is 0 Å². The number of anilines is 5. The number of nitrogens with one attached hydrogen (secondary N) is 1. The molecular formula is C26H25N5O5S. The first kappa shape index (κ1) is 25.6. The highest BCUT2D eigenvalue weighted by atomic mass is 32.2. The van der Waals surface area contributed by atoms with Crippen molar-refractivity contribution in [1.29, 1.82) is 0 Å². The van der Waals surface area contributed by atoms with Gasteiger partial charge in [0.05, 0.1) is 25.6 Å². The Morgan fingerprint density at radius 3 is 2.11 bits per heavy atom. The van der Waals surface area contributed by atoms with E-state index in [9.17, 15) is 13.2 Å². The summed E-state index contributed by atoms with van der Waals surface area (Å²) in [5.74, 6) is 1.74. The average molecular weight is 520 g/mol. The number of methoxy groups -OCH3 is 1. The fourth-order valence-electron chi connectivity index (χ4n) is 3.64. The van der Waals surface area contributed by atoms with Gasteiger partial charge in [0.15, 0.2) is 5.82 Å². The van der Waals surface area contributed by atoms with Gasteiger partial charge in [0.25, 0.3) is 10.1 Å². The van der Waals surface area contributed by atoms with E-state index in [2.05, 4.69) is 10.3 Å². The molecule has 4 aromatic rings. The zero-order valence-corrected chi connectivity index (χ0v) is 21.0. The van der Waals surface area contributed by atoms with E-state index in [1.807, 2.05) is 84.9 Å². The molecule has 1 aromatic heterocycles. The monoisotopic (exact) mass is 519 g/mol. The normalized spacial score (nSPS) is 12.8. The number of amides is 2.